The minimum Gasteiger partial charge on any atom is -0.309 e. The monoisotopic (exact) mass is 1360 g/mol. The maximum atomic E-state index is 12.8. The molecule has 16 rings (SSSR count). The van der Waals surface area contributed by atoms with Crippen molar-refractivity contribution in [2.75, 3.05) is 23.0 Å². The van der Waals surface area contributed by atoms with Crippen molar-refractivity contribution in [1.82, 2.24) is 0 Å². The minimum atomic E-state index is -3.26. The predicted molar refractivity (Wildman–Crippen MR) is 431 cm³/mol. The van der Waals surface area contributed by atoms with Gasteiger partial charge in [0.15, 0.2) is 0 Å². The smallest absolute Gasteiger partial charge is 0.309 e. The molecular formula is C93H69N6O4P. The van der Waals surface area contributed by atoms with Crippen LogP contribution in [0.25, 0.3) is 103 Å². The van der Waals surface area contributed by atoms with E-state index in [-0.39, 0.29) is 26.8 Å². The van der Waals surface area contributed by atoms with Gasteiger partial charge in [-0.3, -0.25) is 9.36 Å². The van der Waals surface area contributed by atoms with Crippen molar-refractivity contribution in [3.63, 3.8) is 0 Å². The minimum absolute atomic E-state index is 0. The molecule has 0 fully saturated rings. The summed E-state index contributed by atoms with van der Waals surface area (Å²) in [6, 6.07) is 109. The molecule has 500 valence electrons. The van der Waals surface area contributed by atoms with Crippen molar-refractivity contribution in [3.8, 4) is 18.2 Å². The molecule has 0 saturated carbocycles. The lowest BCUT2D eigenvalue weighted by molar-refractivity contribution is 0.112. The van der Waals surface area contributed by atoms with E-state index in [1.54, 1.807) is 19.9 Å². The zero-order chi connectivity index (χ0) is 70.8. The summed E-state index contributed by atoms with van der Waals surface area (Å²) in [7, 11) is -3.26. The maximum absolute atomic E-state index is 12.8. The van der Waals surface area contributed by atoms with E-state index >= 15 is 0 Å². The molecule has 0 saturated heterocycles. The number of carbonyl (C=O) groups is 1. The van der Waals surface area contributed by atoms with E-state index in [9.17, 15) is 25.1 Å². The average molecular weight is 1370 g/mol. The van der Waals surface area contributed by atoms with Crippen LogP contribution in [0.3, 0.4) is 0 Å². The summed E-state index contributed by atoms with van der Waals surface area (Å²) in [5.41, 5.74) is 12.2. The van der Waals surface area contributed by atoms with Crippen molar-refractivity contribution in [2.45, 2.75) is 27.4 Å². The van der Waals surface area contributed by atoms with Crippen molar-refractivity contribution in [1.29, 1.82) is 15.8 Å². The van der Waals surface area contributed by atoms with Gasteiger partial charge in [-0.05, 0) is 140 Å². The number of benzene rings is 16. The quantitative estimate of drug-likeness (QED) is 0.0323. The second kappa shape index (κ2) is 31.1. The molecule has 0 N–H and O–H groups in total. The van der Waals surface area contributed by atoms with Gasteiger partial charge in [0.05, 0.1) is 65.4 Å². The highest BCUT2D eigenvalue weighted by atomic mass is 31.2. The summed E-state index contributed by atoms with van der Waals surface area (Å²) < 4.78 is 23.6. The van der Waals surface area contributed by atoms with E-state index in [1.165, 1.54) is 43.1 Å². The molecule has 104 heavy (non-hydrogen) atoms. The first-order chi connectivity index (χ1) is 50.6. The van der Waals surface area contributed by atoms with Crippen LogP contribution >= 0.6 is 7.60 Å². The van der Waals surface area contributed by atoms with E-state index in [1.807, 2.05) is 103 Å². The number of hydrogen-bond acceptors (Lipinski definition) is 9. The Morgan fingerprint density at radius 1 is 0.375 bits per heavy atom. The molecule has 10 nitrogen and oxygen atoms in total. The molecule has 0 atom stereocenters. The Morgan fingerprint density at radius 3 is 1.11 bits per heavy atom. The molecular weight excluding hydrogens is 1300 g/mol. The normalized spacial score (nSPS) is 11.1. The zero-order valence-electron chi connectivity index (χ0n) is 56.5. The number of fused-ring (bicyclic) bond motifs is 8. The first-order valence-corrected chi connectivity index (χ1v) is 35.6. The zero-order valence-corrected chi connectivity index (χ0v) is 57.4. The second-order valence-electron chi connectivity index (χ2n) is 24.6. The molecule has 16 aromatic carbocycles. The molecule has 0 aliphatic heterocycles. The third-order valence-electron chi connectivity index (χ3n) is 18.5. The molecule has 0 radical (unpaired) electrons. The van der Waals surface area contributed by atoms with Crippen molar-refractivity contribution >= 4 is 152 Å². The molecule has 11 heteroatoms. The van der Waals surface area contributed by atoms with Gasteiger partial charge in [0.25, 0.3) is 0 Å². The standard InChI is InChI=1S/C44H27N3.C27H19NO.C21H19N2O3P.CH4/c1-46-44-39-17-7-6-16-37(39)41(29-45)38-27-24-31(28-40(38)44)21-20-30-22-25-34(26-23-30)47(42-18-8-12-32-10-2-4-14-35(32)42)43-19-9-13-33-11-3-5-15-36(33)43;29-19-20-15-17-23(18-16-20)28(26-13-5-9-21-7-1-3-11-24(21)26)27-14-6-10-22-8-2-4-12-25(22)27;1-3-25-27(24,26-4-2)14-15-9-10-18-19(11-15)21(13-23)17-8-6-5-7-16(17)20(18)12-22;/h2-28H;1-19H;5-11H,3-4,14H2,1-2H3;1H4. The summed E-state index contributed by atoms with van der Waals surface area (Å²) in [5, 5.41) is 45.0. The molecule has 0 aliphatic carbocycles. The Bertz CT molecular complexity index is 6030. The lowest BCUT2D eigenvalue weighted by Gasteiger charge is -2.28. The van der Waals surface area contributed by atoms with Crippen LogP contribution in [0.2, 0.25) is 0 Å². The number of hydrogen-bond donors (Lipinski definition) is 0. The van der Waals surface area contributed by atoms with Gasteiger partial charge < -0.3 is 18.8 Å². The van der Waals surface area contributed by atoms with Crippen LogP contribution in [-0.2, 0) is 19.8 Å². The average Bonchev–Trinajstić information content (AvgIpc) is 0.592. The first kappa shape index (κ1) is 69.2. The molecule has 0 aliphatic rings. The van der Waals surface area contributed by atoms with E-state index in [4.69, 9.17) is 15.6 Å². The highest BCUT2D eigenvalue weighted by molar-refractivity contribution is 7.53. The van der Waals surface area contributed by atoms with Crippen LogP contribution in [0, 0.1) is 40.6 Å². The Kier molecular flexibility index (Phi) is 20.7. The highest BCUT2D eigenvalue weighted by Gasteiger charge is 2.26. The second-order valence-corrected chi connectivity index (χ2v) is 26.7. The van der Waals surface area contributed by atoms with Crippen LogP contribution in [0.4, 0.5) is 39.8 Å². The first-order valence-electron chi connectivity index (χ1n) is 33.9. The molecule has 0 amide bonds. The van der Waals surface area contributed by atoms with Crippen LogP contribution in [0.1, 0.15) is 65.0 Å². The van der Waals surface area contributed by atoms with Gasteiger partial charge in [-0.1, -0.05) is 256 Å². The number of carbonyl (C=O) groups excluding carboxylic acids is 1. The number of aldehydes is 1. The van der Waals surface area contributed by atoms with Crippen molar-refractivity contribution in [2.24, 2.45) is 0 Å². The van der Waals surface area contributed by atoms with Crippen molar-refractivity contribution < 1.29 is 18.4 Å². The highest BCUT2D eigenvalue weighted by Crippen LogP contribution is 2.52. The number of nitrogens with zero attached hydrogens (tertiary/aromatic N) is 6. The Balaban J connectivity index is 0.000000146. The Morgan fingerprint density at radius 2 is 0.702 bits per heavy atom. The molecule has 16 aromatic rings. The predicted octanol–water partition coefficient (Wildman–Crippen LogP) is 25.8. The van der Waals surface area contributed by atoms with Gasteiger partial charge in [-0.15, -0.1) is 0 Å². The lowest BCUT2D eigenvalue weighted by atomic mass is 9.92. The Labute approximate surface area is 605 Å². The molecule has 0 aromatic heterocycles. The van der Waals surface area contributed by atoms with Gasteiger partial charge >= 0.3 is 7.60 Å². The number of anilines is 6. The third-order valence-corrected chi connectivity index (χ3v) is 20.6. The largest absolute Gasteiger partial charge is 0.335 e. The van der Waals surface area contributed by atoms with Gasteiger partial charge in [0, 0.05) is 60.0 Å². The molecule has 0 unspecified atom stereocenters. The van der Waals surface area contributed by atoms with Gasteiger partial charge in [0.2, 0.25) is 5.69 Å². The topological polar surface area (TPSA) is 135 Å². The summed E-state index contributed by atoms with van der Waals surface area (Å²) in [6.07, 6.45) is 5.15. The summed E-state index contributed by atoms with van der Waals surface area (Å²) in [4.78, 5) is 19.7. The maximum Gasteiger partial charge on any atom is 0.335 e. The molecule has 0 bridgehead atoms. The van der Waals surface area contributed by atoms with Gasteiger partial charge in [-0.2, -0.15) is 15.8 Å². The van der Waals surface area contributed by atoms with E-state index in [0.717, 1.165) is 89.4 Å². The fourth-order valence-electron chi connectivity index (χ4n) is 13.9. The van der Waals surface area contributed by atoms with Crippen LogP contribution < -0.4 is 9.80 Å². The molecule has 0 heterocycles. The number of nitriles is 3. The van der Waals surface area contributed by atoms with Crippen LogP contribution in [-0.4, -0.2) is 19.5 Å². The third kappa shape index (κ3) is 13.8. The lowest BCUT2D eigenvalue weighted by Crippen LogP contribution is -2.11. The van der Waals surface area contributed by atoms with Crippen molar-refractivity contribution in [3.05, 3.63) is 354 Å². The summed E-state index contributed by atoms with van der Waals surface area (Å²) in [6.45, 7) is 12.0. The molecule has 0 spiro atoms. The fourth-order valence-corrected chi connectivity index (χ4v) is 15.6. The van der Waals surface area contributed by atoms with Crippen LogP contribution in [0.5, 0.6) is 0 Å². The van der Waals surface area contributed by atoms with E-state index in [0.29, 0.717) is 38.7 Å². The van der Waals surface area contributed by atoms with Gasteiger partial charge in [0.1, 0.15) is 24.5 Å². The van der Waals surface area contributed by atoms with E-state index < -0.39 is 7.60 Å². The fraction of sp³-hybridized carbons (Fsp3) is 0.0645. The van der Waals surface area contributed by atoms with E-state index in [2.05, 4.69) is 239 Å². The summed E-state index contributed by atoms with van der Waals surface area (Å²) >= 11 is 0. The van der Waals surface area contributed by atoms with Crippen LogP contribution in [0.15, 0.2) is 303 Å². The summed E-state index contributed by atoms with van der Waals surface area (Å²) in [5.74, 6) is 0. The number of rotatable bonds is 15. The van der Waals surface area contributed by atoms with Gasteiger partial charge in [-0.25, -0.2) is 4.85 Å². The Hall–Kier alpha value is -13.3. The SMILES string of the molecule is C.CCOP(=O)(Cc1ccc2c(C#N)c3ccccc3c(C#N)c2c1)OCC.O=Cc1ccc(N(c2cccc3ccccc23)c2cccc3ccccc23)cc1.[C-]#[N+]c1c2ccccc2c(C#N)c2ccc(C=Cc3ccc(N(c4cccc5ccccc45)c4cccc5ccccc45)cc3)cc12.